The molecule has 0 amide bonds. The Hall–Kier alpha value is -0.0800. The minimum atomic E-state index is 0.819. The Bertz CT molecular complexity index is 21.0. The summed E-state index contributed by atoms with van der Waals surface area (Å²) in [6.07, 6.45) is 1.02. The van der Waals surface area contributed by atoms with E-state index in [1.54, 1.807) is 0 Å². The summed E-state index contributed by atoms with van der Waals surface area (Å²) in [5.41, 5.74) is 0. The lowest BCUT2D eigenvalue weighted by Crippen LogP contribution is -2.06. The summed E-state index contributed by atoms with van der Waals surface area (Å²) in [5, 5.41) is 0. The monoisotopic (exact) mass is 87.0 g/mol. The summed E-state index contributed by atoms with van der Waals surface area (Å²) in [5.74, 6) is 0. The average Bonchev–Trinajstić information content (AvgIpc) is 1.72. The maximum absolute atomic E-state index is 4.72. The number of hydrogen-bond donors (Lipinski definition) is 0. The molecule has 35 valence electrons. The van der Waals surface area contributed by atoms with Crippen LogP contribution in [0.15, 0.2) is 0 Å². The van der Waals surface area contributed by atoms with Crippen molar-refractivity contribution in [3.05, 3.63) is 6.79 Å². The van der Waals surface area contributed by atoms with Crippen LogP contribution in [0.5, 0.6) is 0 Å². The highest BCUT2D eigenvalue weighted by Gasteiger charge is 1.95. The second kappa shape index (κ2) is 2.16. The van der Waals surface area contributed by atoms with Gasteiger partial charge in [0.25, 0.3) is 0 Å². The summed E-state index contributed by atoms with van der Waals surface area (Å²) in [6, 6.07) is 0. The lowest BCUT2D eigenvalue weighted by molar-refractivity contribution is -0.0276. The van der Waals surface area contributed by atoms with Crippen LogP contribution in [0.3, 0.4) is 0 Å². The Morgan fingerprint density at radius 3 is 2.00 bits per heavy atom. The second-order valence-corrected chi connectivity index (χ2v) is 1.19. The predicted molar refractivity (Wildman–Crippen MR) is 20.8 cm³/mol. The fraction of sp³-hybridized carbons (Fsp3) is 0.750. The Morgan fingerprint density at radius 1 is 1.17 bits per heavy atom. The molecule has 0 aromatic heterocycles. The molecular weight excluding hydrogens is 80.0 g/mol. The topological polar surface area (TPSA) is 18.5 Å². The van der Waals surface area contributed by atoms with E-state index in [0.29, 0.717) is 0 Å². The van der Waals surface area contributed by atoms with E-state index in [1.807, 2.05) is 0 Å². The molecule has 0 N–H and O–H groups in total. The van der Waals surface area contributed by atoms with Gasteiger partial charge in [-0.05, 0) is 6.42 Å². The fourth-order valence-electron chi connectivity index (χ4n) is 0.370. The number of rotatable bonds is 0. The first-order chi connectivity index (χ1) is 3.00. The summed E-state index contributed by atoms with van der Waals surface area (Å²) in [7, 11) is 0. The Labute approximate surface area is 37.1 Å². The molecule has 0 bridgehead atoms. The van der Waals surface area contributed by atoms with Crippen LogP contribution in [0.25, 0.3) is 0 Å². The van der Waals surface area contributed by atoms with Gasteiger partial charge in [0.2, 0.25) is 6.79 Å². The van der Waals surface area contributed by atoms with Gasteiger partial charge in [-0.1, -0.05) is 0 Å². The molecular formula is C4H7O2. The lowest BCUT2D eigenvalue weighted by Gasteiger charge is -2.08. The molecule has 2 nitrogen and oxygen atoms in total. The Morgan fingerprint density at radius 2 is 1.83 bits per heavy atom. The third kappa shape index (κ3) is 0.954. The lowest BCUT2D eigenvalue weighted by atomic mass is 10.5. The van der Waals surface area contributed by atoms with E-state index in [2.05, 4.69) is 0 Å². The van der Waals surface area contributed by atoms with E-state index in [0.717, 1.165) is 19.6 Å². The number of hydrogen-bond acceptors (Lipinski definition) is 2. The van der Waals surface area contributed by atoms with Crippen molar-refractivity contribution in [2.24, 2.45) is 0 Å². The first kappa shape index (κ1) is 4.09. The van der Waals surface area contributed by atoms with Crippen molar-refractivity contribution in [1.82, 2.24) is 0 Å². The Balaban J connectivity index is 2.00. The zero-order valence-electron chi connectivity index (χ0n) is 3.52. The summed E-state index contributed by atoms with van der Waals surface area (Å²) < 4.78 is 9.44. The van der Waals surface area contributed by atoms with Gasteiger partial charge in [-0.2, -0.15) is 0 Å². The molecule has 1 saturated heterocycles. The van der Waals surface area contributed by atoms with Crippen LogP contribution in [0.4, 0.5) is 0 Å². The summed E-state index contributed by atoms with van der Waals surface area (Å²) in [4.78, 5) is 0. The highest BCUT2D eigenvalue weighted by molar-refractivity contribution is 4.42. The predicted octanol–water partition coefficient (Wildman–Crippen LogP) is 0.543. The largest absolute Gasteiger partial charge is 0.348 e. The third-order valence-corrected chi connectivity index (χ3v) is 0.660. The molecule has 0 aromatic carbocycles. The minimum absolute atomic E-state index is 0.819. The molecule has 0 aliphatic carbocycles. The van der Waals surface area contributed by atoms with Gasteiger partial charge < -0.3 is 9.47 Å². The fourth-order valence-corrected chi connectivity index (χ4v) is 0.370. The highest BCUT2D eigenvalue weighted by atomic mass is 16.7. The van der Waals surface area contributed by atoms with Crippen LogP contribution in [0, 0.1) is 6.79 Å². The van der Waals surface area contributed by atoms with E-state index >= 15 is 0 Å². The van der Waals surface area contributed by atoms with E-state index in [1.165, 1.54) is 6.79 Å². The van der Waals surface area contributed by atoms with Gasteiger partial charge in [-0.25, -0.2) is 0 Å². The normalized spacial score (nSPS) is 24.0. The minimum Gasteiger partial charge on any atom is -0.348 e. The van der Waals surface area contributed by atoms with E-state index in [4.69, 9.17) is 9.47 Å². The van der Waals surface area contributed by atoms with Gasteiger partial charge in [0.05, 0.1) is 13.2 Å². The average molecular weight is 87.1 g/mol. The second-order valence-electron chi connectivity index (χ2n) is 1.19. The first-order valence-electron chi connectivity index (χ1n) is 2.05. The highest BCUT2D eigenvalue weighted by Crippen LogP contribution is 1.96. The smallest absolute Gasteiger partial charge is 0.209 e. The van der Waals surface area contributed by atoms with Gasteiger partial charge in [-0.15, -0.1) is 0 Å². The van der Waals surface area contributed by atoms with Gasteiger partial charge in [0.1, 0.15) is 0 Å². The van der Waals surface area contributed by atoms with Crippen molar-refractivity contribution in [2.75, 3.05) is 13.2 Å². The summed E-state index contributed by atoms with van der Waals surface area (Å²) in [6.45, 7) is 3.03. The SMILES string of the molecule is [CH]1OCCCO1. The van der Waals surface area contributed by atoms with Crippen LogP contribution in [0.2, 0.25) is 0 Å². The van der Waals surface area contributed by atoms with Crippen LogP contribution in [-0.2, 0) is 9.47 Å². The molecule has 0 saturated carbocycles. The molecule has 0 atom stereocenters. The van der Waals surface area contributed by atoms with Crippen LogP contribution >= 0.6 is 0 Å². The summed E-state index contributed by atoms with van der Waals surface area (Å²) >= 11 is 0. The maximum Gasteiger partial charge on any atom is 0.209 e. The van der Waals surface area contributed by atoms with Gasteiger partial charge in [0.15, 0.2) is 0 Å². The van der Waals surface area contributed by atoms with E-state index < -0.39 is 0 Å². The molecule has 1 aliphatic rings. The first-order valence-corrected chi connectivity index (χ1v) is 2.05. The van der Waals surface area contributed by atoms with Crippen molar-refractivity contribution in [2.45, 2.75) is 6.42 Å². The molecule has 1 radical (unpaired) electrons. The molecule has 6 heavy (non-hydrogen) atoms. The van der Waals surface area contributed by atoms with Gasteiger partial charge in [0, 0.05) is 0 Å². The molecule has 1 aliphatic heterocycles. The maximum atomic E-state index is 4.72. The molecule has 0 unspecified atom stereocenters. The van der Waals surface area contributed by atoms with Gasteiger partial charge in [-0.3, -0.25) is 0 Å². The quantitative estimate of drug-likeness (QED) is 0.429. The van der Waals surface area contributed by atoms with Crippen LogP contribution < -0.4 is 0 Å². The number of ether oxygens (including phenoxy) is 2. The molecule has 1 fully saturated rings. The molecule has 0 aromatic rings. The van der Waals surface area contributed by atoms with Gasteiger partial charge >= 0.3 is 0 Å². The molecule has 1 heterocycles. The standard InChI is InChI=1S/C4H7O2/c1-2-5-4-6-3-1/h4H,1-3H2. The zero-order valence-corrected chi connectivity index (χ0v) is 3.52. The van der Waals surface area contributed by atoms with Crippen LogP contribution in [-0.4, -0.2) is 13.2 Å². The van der Waals surface area contributed by atoms with Crippen molar-refractivity contribution in [1.29, 1.82) is 0 Å². The van der Waals surface area contributed by atoms with E-state index in [9.17, 15) is 0 Å². The molecule has 1 rings (SSSR count). The molecule has 2 heteroatoms. The zero-order chi connectivity index (χ0) is 4.24. The van der Waals surface area contributed by atoms with Crippen molar-refractivity contribution >= 4 is 0 Å². The van der Waals surface area contributed by atoms with E-state index in [-0.39, 0.29) is 0 Å². The third-order valence-electron chi connectivity index (χ3n) is 0.660. The Kier molecular flexibility index (Phi) is 1.47. The molecule has 0 spiro atoms. The van der Waals surface area contributed by atoms with Crippen molar-refractivity contribution < 1.29 is 9.47 Å². The van der Waals surface area contributed by atoms with Crippen LogP contribution in [0.1, 0.15) is 6.42 Å². The van der Waals surface area contributed by atoms with Crippen molar-refractivity contribution in [3.63, 3.8) is 0 Å². The van der Waals surface area contributed by atoms with Crippen molar-refractivity contribution in [3.8, 4) is 0 Å².